The van der Waals surface area contributed by atoms with E-state index in [9.17, 15) is 4.79 Å². The van der Waals surface area contributed by atoms with Crippen molar-refractivity contribution in [3.8, 4) is 5.88 Å². The molecule has 1 aliphatic rings. The van der Waals surface area contributed by atoms with Gasteiger partial charge in [0.15, 0.2) is 0 Å². The van der Waals surface area contributed by atoms with Crippen molar-refractivity contribution >= 4 is 17.5 Å². The number of amides is 1. The molecule has 8 nitrogen and oxygen atoms in total. The standard InChI is InChI=1S/C19H22N6O2/c1-27-17-7-8-20-19(22-17)24-12-10-23(11-13-24)18(26)6-5-15-14-25-9-3-2-4-16(25)21-15/h2-4,7-9,14H,5-6,10-13H2,1H3. The molecule has 0 bridgehead atoms. The van der Waals surface area contributed by atoms with Crippen LogP contribution in [0.4, 0.5) is 5.95 Å². The second kappa shape index (κ2) is 7.61. The Morgan fingerprint density at radius 1 is 1.15 bits per heavy atom. The maximum Gasteiger partial charge on any atom is 0.228 e. The quantitative estimate of drug-likeness (QED) is 0.680. The Morgan fingerprint density at radius 3 is 2.78 bits per heavy atom. The number of nitrogens with zero attached hydrogens (tertiary/aromatic N) is 6. The lowest BCUT2D eigenvalue weighted by Crippen LogP contribution is -2.49. The van der Waals surface area contributed by atoms with Crippen molar-refractivity contribution in [2.75, 3.05) is 38.2 Å². The first kappa shape index (κ1) is 17.3. The number of methoxy groups -OCH3 is 1. The Kier molecular flexibility index (Phi) is 4.86. The molecule has 3 aromatic rings. The molecule has 0 spiro atoms. The molecular formula is C19H22N6O2. The molecule has 0 aromatic carbocycles. The predicted octanol–water partition coefficient (Wildman–Crippen LogP) is 1.41. The lowest BCUT2D eigenvalue weighted by atomic mass is 10.2. The number of aromatic nitrogens is 4. The lowest BCUT2D eigenvalue weighted by molar-refractivity contribution is -0.131. The molecule has 4 heterocycles. The highest BCUT2D eigenvalue weighted by Gasteiger charge is 2.22. The summed E-state index contributed by atoms with van der Waals surface area (Å²) in [4.78, 5) is 29.8. The Balaban J connectivity index is 1.30. The fourth-order valence-corrected chi connectivity index (χ4v) is 3.26. The highest BCUT2D eigenvalue weighted by molar-refractivity contribution is 5.76. The second-order valence-electron chi connectivity index (χ2n) is 6.47. The summed E-state index contributed by atoms with van der Waals surface area (Å²) in [6, 6.07) is 7.62. The molecule has 0 N–H and O–H groups in total. The number of hydrogen-bond acceptors (Lipinski definition) is 6. The molecule has 1 fully saturated rings. The highest BCUT2D eigenvalue weighted by Crippen LogP contribution is 2.15. The molecular weight excluding hydrogens is 344 g/mol. The van der Waals surface area contributed by atoms with Crippen LogP contribution in [0, 0.1) is 0 Å². The van der Waals surface area contributed by atoms with E-state index in [2.05, 4.69) is 19.9 Å². The Bertz CT molecular complexity index is 900. The van der Waals surface area contributed by atoms with Crippen LogP contribution in [0.5, 0.6) is 5.88 Å². The SMILES string of the molecule is COc1ccnc(N2CCN(C(=O)CCc3cn4ccccc4n3)CC2)n1. The maximum absolute atomic E-state index is 12.6. The number of rotatable bonds is 5. The van der Waals surface area contributed by atoms with Gasteiger partial charge in [0.2, 0.25) is 17.7 Å². The minimum Gasteiger partial charge on any atom is -0.481 e. The smallest absolute Gasteiger partial charge is 0.228 e. The average Bonchev–Trinajstić information content (AvgIpc) is 3.15. The van der Waals surface area contributed by atoms with Crippen LogP contribution in [0.3, 0.4) is 0 Å². The van der Waals surface area contributed by atoms with Gasteiger partial charge in [0.05, 0.1) is 12.8 Å². The number of aryl methyl sites for hydroxylation is 1. The molecule has 8 heteroatoms. The summed E-state index contributed by atoms with van der Waals surface area (Å²) in [6.45, 7) is 2.77. The van der Waals surface area contributed by atoms with E-state index >= 15 is 0 Å². The van der Waals surface area contributed by atoms with Gasteiger partial charge in [0, 0.05) is 57.3 Å². The minimum atomic E-state index is 0.165. The van der Waals surface area contributed by atoms with Crippen LogP contribution in [0.2, 0.25) is 0 Å². The summed E-state index contributed by atoms with van der Waals surface area (Å²) in [5.41, 5.74) is 1.85. The Labute approximate surface area is 157 Å². The van der Waals surface area contributed by atoms with Gasteiger partial charge in [0.1, 0.15) is 5.65 Å². The van der Waals surface area contributed by atoms with Crippen LogP contribution >= 0.6 is 0 Å². The molecule has 0 atom stereocenters. The summed E-state index contributed by atoms with van der Waals surface area (Å²) in [5.74, 6) is 1.36. The van der Waals surface area contributed by atoms with Gasteiger partial charge < -0.3 is 18.9 Å². The van der Waals surface area contributed by atoms with E-state index in [1.807, 2.05) is 39.9 Å². The van der Waals surface area contributed by atoms with E-state index in [-0.39, 0.29) is 5.91 Å². The van der Waals surface area contributed by atoms with E-state index in [1.54, 1.807) is 19.4 Å². The molecule has 140 valence electrons. The largest absolute Gasteiger partial charge is 0.481 e. The molecule has 0 aliphatic carbocycles. The maximum atomic E-state index is 12.6. The topological polar surface area (TPSA) is 75.9 Å². The predicted molar refractivity (Wildman–Crippen MR) is 101 cm³/mol. The number of imidazole rings is 1. The van der Waals surface area contributed by atoms with Gasteiger partial charge in [-0.25, -0.2) is 9.97 Å². The number of anilines is 1. The summed E-state index contributed by atoms with van der Waals surface area (Å²) in [5, 5.41) is 0. The van der Waals surface area contributed by atoms with E-state index in [4.69, 9.17) is 4.74 Å². The number of carbonyl (C=O) groups is 1. The second-order valence-corrected chi connectivity index (χ2v) is 6.47. The van der Waals surface area contributed by atoms with Crippen LogP contribution in [0.25, 0.3) is 5.65 Å². The van der Waals surface area contributed by atoms with Crippen LogP contribution in [0.15, 0.2) is 42.9 Å². The number of piperazine rings is 1. The molecule has 0 saturated carbocycles. The number of hydrogen-bond donors (Lipinski definition) is 0. The minimum absolute atomic E-state index is 0.165. The lowest BCUT2D eigenvalue weighted by Gasteiger charge is -2.34. The first-order valence-corrected chi connectivity index (χ1v) is 9.05. The van der Waals surface area contributed by atoms with Gasteiger partial charge in [-0.2, -0.15) is 4.98 Å². The third kappa shape index (κ3) is 3.84. The van der Waals surface area contributed by atoms with Crippen molar-refractivity contribution in [3.05, 3.63) is 48.5 Å². The van der Waals surface area contributed by atoms with Crippen molar-refractivity contribution in [3.63, 3.8) is 0 Å². The Hall–Kier alpha value is -3.16. The van der Waals surface area contributed by atoms with E-state index in [0.29, 0.717) is 50.8 Å². The fraction of sp³-hybridized carbons (Fsp3) is 0.368. The molecule has 0 radical (unpaired) electrons. The fourth-order valence-electron chi connectivity index (χ4n) is 3.26. The van der Waals surface area contributed by atoms with Crippen LogP contribution in [-0.4, -0.2) is 63.4 Å². The first-order valence-electron chi connectivity index (χ1n) is 9.05. The van der Waals surface area contributed by atoms with Crippen LogP contribution in [-0.2, 0) is 11.2 Å². The van der Waals surface area contributed by atoms with E-state index < -0.39 is 0 Å². The zero-order valence-electron chi connectivity index (χ0n) is 15.3. The normalized spacial score (nSPS) is 14.6. The highest BCUT2D eigenvalue weighted by atomic mass is 16.5. The van der Waals surface area contributed by atoms with Gasteiger partial charge in [-0.05, 0) is 18.6 Å². The number of pyridine rings is 1. The van der Waals surface area contributed by atoms with E-state index in [1.165, 1.54) is 0 Å². The van der Waals surface area contributed by atoms with Gasteiger partial charge in [0.25, 0.3) is 0 Å². The molecule has 0 unspecified atom stereocenters. The number of fused-ring (bicyclic) bond motifs is 1. The van der Waals surface area contributed by atoms with E-state index in [0.717, 1.165) is 11.3 Å². The zero-order valence-corrected chi connectivity index (χ0v) is 15.3. The first-order chi connectivity index (χ1) is 13.2. The van der Waals surface area contributed by atoms with Crippen molar-refractivity contribution in [1.82, 2.24) is 24.3 Å². The third-order valence-corrected chi connectivity index (χ3v) is 4.75. The zero-order chi connectivity index (χ0) is 18.6. The molecule has 1 aliphatic heterocycles. The third-order valence-electron chi connectivity index (χ3n) is 4.75. The molecule has 1 amide bonds. The summed E-state index contributed by atoms with van der Waals surface area (Å²) in [7, 11) is 1.59. The summed E-state index contributed by atoms with van der Waals surface area (Å²) >= 11 is 0. The van der Waals surface area contributed by atoms with Crippen molar-refractivity contribution in [2.45, 2.75) is 12.8 Å². The van der Waals surface area contributed by atoms with Gasteiger partial charge in [-0.3, -0.25) is 4.79 Å². The van der Waals surface area contributed by atoms with Crippen LogP contribution < -0.4 is 9.64 Å². The summed E-state index contributed by atoms with van der Waals surface area (Å²) in [6.07, 6.45) is 6.76. The van der Waals surface area contributed by atoms with Crippen molar-refractivity contribution < 1.29 is 9.53 Å². The Morgan fingerprint density at radius 2 is 2.00 bits per heavy atom. The van der Waals surface area contributed by atoms with Crippen molar-refractivity contribution in [2.24, 2.45) is 0 Å². The number of carbonyl (C=O) groups excluding carboxylic acids is 1. The van der Waals surface area contributed by atoms with Gasteiger partial charge in [-0.1, -0.05) is 6.07 Å². The van der Waals surface area contributed by atoms with Gasteiger partial charge in [-0.15, -0.1) is 0 Å². The van der Waals surface area contributed by atoms with Crippen LogP contribution in [0.1, 0.15) is 12.1 Å². The molecule has 27 heavy (non-hydrogen) atoms. The average molecular weight is 366 g/mol. The van der Waals surface area contributed by atoms with Crippen molar-refractivity contribution in [1.29, 1.82) is 0 Å². The molecule has 3 aromatic heterocycles. The molecule has 4 rings (SSSR count). The monoisotopic (exact) mass is 366 g/mol. The molecule has 1 saturated heterocycles. The van der Waals surface area contributed by atoms with Gasteiger partial charge >= 0.3 is 0 Å². The summed E-state index contributed by atoms with van der Waals surface area (Å²) < 4.78 is 7.13. The number of ether oxygens (including phenoxy) is 1.